The molecular formula is C13H12N2O3. The van der Waals surface area contributed by atoms with Crippen molar-refractivity contribution < 1.29 is 9.45 Å². The van der Waals surface area contributed by atoms with Gasteiger partial charge in [-0.25, -0.2) is 0 Å². The van der Waals surface area contributed by atoms with Crippen molar-refractivity contribution in [3.05, 3.63) is 57.0 Å². The number of hydrogen-bond donors (Lipinski definition) is 0. The summed E-state index contributed by atoms with van der Waals surface area (Å²) in [7, 11) is 0. The first kappa shape index (κ1) is 12.0. The lowest BCUT2D eigenvalue weighted by Crippen LogP contribution is -1.90. The van der Waals surface area contributed by atoms with Crippen LogP contribution in [0.1, 0.15) is 22.6 Å². The summed E-state index contributed by atoms with van der Waals surface area (Å²) in [6.45, 7) is 3.54. The molecule has 92 valence electrons. The molecule has 1 heterocycles. The molecule has 0 radical (unpaired) electrons. The number of nitro groups is 1. The summed E-state index contributed by atoms with van der Waals surface area (Å²) >= 11 is 0. The number of benzene rings is 1. The van der Waals surface area contributed by atoms with Crippen LogP contribution in [-0.2, 0) is 0 Å². The minimum atomic E-state index is -0.485. The van der Waals surface area contributed by atoms with Gasteiger partial charge in [0.2, 0.25) is 5.76 Å². The molecule has 0 aliphatic heterocycles. The van der Waals surface area contributed by atoms with Crippen molar-refractivity contribution in [3.63, 3.8) is 0 Å². The van der Waals surface area contributed by atoms with Crippen molar-refractivity contribution in [2.75, 3.05) is 0 Å². The van der Waals surface area contributed by atoms with Crippen LogP contribution in [0, 0.1) is 24.0 Å². The summed E-state index contributed by atoms with van der Waals surface area (Å²) in [5.41, 5.74) is 2.31. The highest BCUT2D eigenvalue weighted by atomic mass is 16.6. The molecule has 5 heteroatoms. The van der Waals surface area contributed by atoms with Crippen molar-refractivity contribution in [1.82, 2.24) is 5.16 Å². The van der Waals surface area contributed by atoms with Gasteiger partial charge in [0.15, 0.2) is 5.69 Å². The minimum absolute atomic E-state index is 0.0849. The third kappa shape index (κ3) is 2.45. The first-order valence-corrected chi connectivity index (χ1v) is 5.43. The smallest absolute Gasteiger partial charge is 0.338 e. The van der Waals surface area contributed by atoms with Crippen molar-refractivity contribution >= 4 is 17.8 Å². The molecule has 0 saturated carbocycles. The molecule has 2 aromatic rings. The second-order valence-electron chi connectivity index (χ2n) is 3.98. The Hall–Kier alpha value is -2.43. The van der Waals surface area contributed by atoms with Crippen molar-refractivity contribution in [2.45, 2.75) is 13.8 Å². The standard InChI is InChI=1S/C13H12N2O3/c1-9-3-5-11(6-4-9)7-8-12-13(15(16)17)10(2)14-18-12/h3-8H,1-2H3/b8-7-. The summed E-state index contributed by atoms with van der Waals surface area (Å²) in [6, 6.07) is 7.81. The molecule has 2 rings (SSSR count). The molecule has 1 aromatic carbocycles. The molecule has 0 saturated heterocycles. The van der Waals surface area contributed by atoms with E-state index < -0.39 is 4.92 Å². The fourth-order valence-corrected chi connectivity index (χ4v) is 1.56. The van der Waals surface area contributed by atoms with E-state index in [-0.39, 0.29) is 17.1 Å². The van der Waals surface area contributed by atoms with Crippen LogP contribution in [0.5, 0.6) is 0 Å². The monoisotopic (exact) mass is 244 g/mol. The Labute approximate surface area is 104 Å². The zero-order valence-electron chi connectivity index (χ0n) is 10.1. The Kier molecular flexibility index (Phi) is 3.23. The SMILES string of the molecule is Cc1ccc(/C=C\c2onc(C)c2[N+](=O)[O-])cc1. The summed E-state index contributed by atoms with van der Waals surface area (Å²) in [4.78, 5) is 10.3. The number of aromatic nitrogens is 1. The van der Waals surface area contributed by atoms with Gasteiger partial charge in [0.1, 0.15) is 0 Å². The van der Waals surface area contributed by atoms with E-state index in [2.05, 4.69) is 5.16 Å². The van der Waals surface area contributed by atoms with Gasteiger partial charge in [-0.1, -0.05) is 41.1 Å². The van der Waals surface area contributed by atoms with Gasteiger partial charge >= 0.3 is 5.69 Å². The van der Waals surface area contributed by atoms with Crippen molar-refractivity contribution in [2.24, 2.45) is 0 Å². The van der Waals surface area contributed by atoms with E-state index in [1.165, 1.54) is 0 Å². The third-order valence-corrected chi connectivity index (χ3v) is 2.54. The van der Waals surface area contributed by atoms with Gasteiger partial charge in [-0.15, -0.1) is 0 Å². The maximum Gasteiger partial charge on any atom is 0.338 e. The van der Waals surface area contributed by atoms with Crippen LogP contribution < -0.4 is 0 Å². The van der Waals surface area contributed by atoms with Gasteiger partial charge in [-0.05, 0) is 25.5 Å². The molecule has 0 fully saturated rings. The van der Waals surface area contributed by atoms with Crippen LogP contribution >= 0.6 is 0 Å². The lowest BCUT2D eigenvalue weighted by Gasteiger charge is -1.93. The van der Waals surface area contributed by atoms with E-state index in [1.54, 1.807) is 19.1 Å². The molecule has 0 N–H and O–H groups in total. The summed E-state index contributed by atoms with van der Waals surface area (Å²) in [5.74, 6) is 0.165. The van der Waals surface area contributed by atoms with Gasteiger partial charge in [0.25, 0.3) is 0 Å². The van der Waals surface area contributed by atoms with Crippen LogP contribution in [0.25, 0.3) is 12.2 Å². The van der Waals surface area contributed by atoms with Gasteiger partial charge in [-0.3, -0.25) is 10.1 Å². The highest BCUT2D eigenvalue weighted by Gasteiger charge is 2.21. The summed E-state index contributed by atoms with van der Waals surface area (Å²) < 4.78 is 4.92. The molecule has 0 unspecified atom stereocenters. The second-order valence-corrected chi connectivity index (χ2v) is 3.98. The van der Waals surface area contributed by atoms with Crippen LogP contribution in [0.3, 0.4) is 0 Å². The number of nitrogens with zero attached hydrogens (tertiary/aromatic N) is 2. The average molecular weight is 244 g/mol. The molecule has 0 aliphatic rings. The quantitative estimate of drug-likeness (QED) is 0.613. The fraction of sp³-hybridized carbons (Fsp3) is 0.154. The lowest BCUT2D eigenvalue weighted by molar-refractivity contribution is -0.386. The van der Waals surface area contributed by atoms with E-state index in [0.717, 1.165) is 11.1 Å². The fourth-order valence-electron chi connectivity index (χ4n) is 1.56. The van der Waals surface area contributed by atoms with Crippen LogP contribution in [0.2, 0.25) is 0 Å². The van der Waals surface area contributed by atoms with Crippen LogP contribution in [0.4, 0.5) is 5.69 Å². The van der Waals surface area contributed by atoms with Gasteiger partial charge in [0, 0.05) is 0 Å². The first-order chi connectivity index (χ1) is 8.58. The van der Waals surface area contributed by atoms with Crippen molar-refractivity contribution in [1.29, 1.82) is 0 Å². The Bertz CT molecular complexity index is 597. The first-order valence-electron chi connectivity index (χ1n) is 5.43. The zero-order valence-corrected chi connectivity index (χ0v) is 10.1. The molecule has 0 bridgehead atoms. The van der Waals surface area contributed by atoms with E-state index in [4.69, 9.17) is 4.52 Å². The maximum atomic E-state index is 10.8. The van der Waals surface area contributed by atoms with E-state index in [1.807, 2.05) is 31.2 Å². The molecule has 0 spiro atoms. The van der Waals surface area contributed by atoms with Gasteiger partial charge < -0.3 is 4.52 Å². The van der Waals surface area contributed by atoms with Crippen LogP contribution in [-0.4, -0.2) is 10.1 Å². The van der Waals surface area contributed by atoms with E-state index >= 15 is 0 Å². The second kappa shape index (κ2) is 4.83. The molecule has 1 aromatic heterocycles. The largest absolute Gasteiger partial charge is 0.349 e. The summed E-state index contributed by atoms with van der Waals surface area (Å²) in [6.07, 6.45) is 3.31. The normalized spacial score (nSPS) is 11.0. The highest BCUT2D eigenvalue weighted by molar-refractivity contribution is 5.71. The Morgan fingerprint density at radius 2 is 1.89 bits per heavy atom. The third-order valence-electron chi connectivity index (χ3n) is 2.54. The van der Waals surface area contributed by atoms with Crippen molar-refractivity contribution in [3.8, 4) is 0 Å². The van der Waals surface area contributed by atoms with E-state index in [9.17, 15) is 10.1 Å². The number of rotatable bonds is 3. The predicted octanol–water partition coefficient (Wildman–Crippen LogP) is 3.37. The number of hydrogen-bond acceptors (Lipinski definition) is 4. The Morgan fingerprint density at radius 1 is 1.22 bits per heavy atom. The Balaban J connectivity index is 2.29. The topological polar surface area (TPSA) is 69.2 Å². The number of aryl methyl sites for hydroxylation is 2. The molecule has 5 nitrogen and oxygen atoms in total. The average Bonchev–Trinajstić information content (AvgIpc) is 2.70. The summed E-state index contributed by atoms with van der Waals surface area (Å²) in [5, 5.41) is 14.4. The van der Waals surface area contributed by atoms with Crippen LogP contribution in [0.15, 0.2) is 28.8 Å². The zero-order chi connectivity index (χ0) is 13.1. The minimum Gasteiger partial charge on any atom is -0.349 e. The molecular weight excluding hydrogens is 232 g/mol. The Morgan fingerprint density at radius 3 is 2.50 bits per heavy atom. The lowest BCUT2D eigenvalue weighted by atomic mass is 10.1. The molecule has 0 aliphatic carbocycles. The molecule has 0 amide bonds. The maximum absolute atomic E-state index is 10.8. The molecule has 18 heavy (non-hydrogen) atoms. The van der Waals surface area contributed by atoms with Gasteiger partial charge in [-0.2, -0.15) is 0 Å². The van der Waals surface area contributed by atoms with E-state index in [0.29, 0.717) is 0 Å². The predicted molar refractivity (Wildman–Crippen MR) is 68.0 cm³/mol. The molecule has 0 atom stereocenters. The highest BCUT2D eigenvalue weighted by Crippen LogP contribution is 2.24. The van der Waals surface area contributed by atoms with Gasteiger partial charge in [0.05, 0.1) is 4.92 Å².